The first-order chi connectivity index (χ1) is 22.4. The van der Waals surface area contributed by atoms with Crippen molar-refractivity contribution in [2.24, 2.45) is 5.73 Å². The monoisotopic (exact) mass is 728 g/mol. The first-order valence-corrected chi connectivity index (χ1v) is 16.9. The lowest BCUT2D eigenvalue weighted by molar-refractivity contribution is -0.142. The summed E-state index contributed by atoms with van der Waals surface area (Å²) in [6.07, 6.45) is 0.579. The molecule has 1 aliphatic heterocycles. The highest BCUT2D eigenvalue weighted by atomic mass is 32.1. The molecule has 21 nitrogen and oxygen atoms in total. The predicted octanol–water partition coefficient (Wildman–Crippen LogP) is -6.07. The number of hydrogen-bond donors (Lipinski definition) is 12. The van der Waals surface area contributed by atoms with E-state index in [0.717, 1.165) is 4.90 Å². The highest BCUT2D eigenvalue weighted by Crippen LogP contribution is 2.35. The van der Waals surface area contributed by atoms with Gasteiger partial charge in [-0.15, -0.1) is 0 Å². The van der Waals surface area contributed by atoms with Gasteiger partial charge in [-0.3, -0.25) is 38.1 Å². The van der Waals surface area contributed by atoms with Gasteiger partial charge in [0.25, 0.3) is 0 Å². The summed E-state index contributed by atoms with van der Waals surface area (Å²) in [5, 5.41) is 32.7. The van der Waals surface area contributed by atoms with Crippen LogP contribution in [-0.4, -0.2) is 147 Å². The summed E-state index contributed by atoms with van der Waals surface area (Å²) in [5.41, 5.74) is 5.43. The molecular formula is C25H45N8O13PS. The van der Waals surface area contributed by atoms with Crippen LogP contribution in [0.4, 0.5) is 0 Å². The zero-order valence-corrected chi connectivity index (χ0v) is 28.4. The zero-order valence-electron chi connectivity index (χ0n) is 26.6. The number of nitrogens with one attached hydrogen (secondary N) is 6. The molecule has 0 aromatic rings. The first-order valence-electron chi connectivity index (χ1n) is 14.8. The summed E-state index contributed by atoms with van der Waals surface area (Å²) in [7, 11) is -5.17. The van der Waals surface area contributed by atoms with Gasteiger partial charge in [0.2, 0.25) is 41.4 Å². The molecule has 0 aromatic carbocycles. The molecule has 12 N–H and O–H groups in total. The molecule has 0 bridgehead atoms. The maximum atomic E-state index is 13.4. The fraction of sp³-hybridized carbons (Fsp3) is 0.720. The zero-order chi connectivity index (χ0) is 36.8. The molecule has 0 spiro atoms. The van der Waals surface area contributed by atoms with Crippen LogP contribution in [0.2, 0.25) is 0 Å². The van der Waals surface area contributed by atoms with Crippen molar-refractivity contribution in [1.82, 2.24) is 36.8 Å². The molecule has 23 heteroatoms. The number of aliphatic hydroxyl groups is 2. The molecule has 0 radical (unpaired) electrons. The summed E-state index contributed by atoms with van der Waals surface area (Å²) < 4.78 is 15.8. The van der Waals surface area contributed by atoms with E-state index in [1.54, 1.807) is 6.92 Å². The van der Waals surface area contributed by atoms with Crippen LogP contribution in [0.3, 0.4) is 0 Å². The van der Waals surface area contributed by atoms with Crippen LogP contribution in [0.1, 0.15) is 33.6 Å². The third-order valence-electron chi connectivity index (χ3n) is 6.83. The molecule has 48 heavy (non-hydrogen) atoms. The van der Waals surface area contributed by atoms with Crippen LogP contribution >= 0.6 is 20.5 Å². The Kier molecular flexibility index (Phi) is 18.0. The average Bonchev–Trinajstić information content (AvgIpc) is 3.52. The van der Waals surface area contributed by atoms with E-state index in [9.17, 15) is 48.3 Å². The molecule has 1 saturated heterocycles. The summed E-state index contributed by atoms with van der Waals surface area (Å²) in [6, 6.07) is -9.54. The molecule has 1 rings (SSSR count). The molecule has 0 aromatic heterocycles. The van der Waals surface area contributed by atoms with E-state index >= 15 is 0 Å². The maximum absolute atomic E-state index is 13.4. The smallest absolute Gasteiger partial charge is 0.394 e. The highest BCUT2D eigenvalue weighted by Gasteiger charge is 2.39. The minimum atomic E-state index is -5.17. The number of thiol groups is 1. The minimum Gasteiger partial charge on any atom is -0.394 e. The second-order valence-corrected chi connectivity index (χ2v) is 12.3. The molecule has 7 amide bonds. The maximum Gasteiger partial charge on any atom is 0.469 e. The average molecular weight is 729 g/mol. The van der Waals surface area contributed by atoms with Crippen molar-refractivity contribution < 1.29 is 62.7 Å². The van der Waals surface area contributed by atoms with Crippen molar-refractivity contribution in [2.75, 3.05) is 38.7 Å². The lowest BCUT2D eigenvalue weighted by Gasteiger charge is -2.30. The van der Waals surface area contributed by atoms with E-state index in [1.807, 2.05) is 0 Å². The van der Waals surface area contributed by atoms with Gasteiger partial charge in [0.05, 0.1) is 25.9 Å². The normalized spacial score (nSPS) is 18.3. The SMILES string of the molecule is CCNC(=O)[C@H](CO)NC(=O)[C@@H]1CCCN1C(=O)[C@H](CS)NC(=O)[C@H](COP(=O)(O)O)NC(=O)[C@H](C)NC(=O)[C@H](CO)NC(=O)[C@H](C)N. The van der Waals surface area contributed by atoms with Crippen LogP contribution < -0.4 is 37.6 Å². The Balaban J connectivity index is 3.05. The van der Waals surface area contributed by atoms with Gasteiger partial charge in [0, 0.05) is 18.8 Å². The second kappa shape index (κ2) is 20.2. The van der Waals surface area contributed by atoms with Gasteiger partial charge < -0.3 is 62.5 Å². The fourth-order valence-electron chi connectivity index (χ4n) is 4.25. The summed E-state index contributed by atoms with van der Waals surface area (Å²) in [6.45, 7) is 1.83. The van der Waals surface area contributed by atoms with Gasteiger partial charge in [0.1, 0.15) is 36.3 Å². The number of phosphoric ester groups is 1. The Morgan fingerprint density at radius 1 is 0.854 bits per heavy atom. The Labute approximate surface area is 281 Å². The number of hydrogen-bond acceptors (Lipinski definition) is 13. The van der Waals surface area contributed by atoms with Crippen LogP contribution in [0.25, 0.3) is 0 Å². The standard InChI is InChI=1S/C25H45N8O13PS/c1-4-27-21(38)14(8-34)30-24(41)18-6-5-7-33(18)25(42)17(11-48)32-23(40)16(10-46-47(43,44)45)31-20(37)13(3)28-22(39)15(9-35)29-19(36)12(2)26/h12-18,34-35,48H,4-11,26H2,1-3H3,(H,27,38)(H,28,39)(H,29,36)(H,30,41)(H,31,37)(H,32,40)(H2,43,44,45)/t12-,13-,14-,15-,16-,17-,18-/m0/s1. The van der Waals surface area contributed by atoms with Crippen LogP contribution in [0.5, 0.6) is 0 Å². The number of nitrogens with two attached hydrogens (primary N) is 1. The Bertz CT molecular complexity index is 1220. The van der Waals surface area contributed by atoms with E-state index in [-0.39, 0.29) is 25.3 Å². The van der Waals surface area contributed by atoms with Crippen LogP contribution in [0.15, 0.2) is 0 Å². The number of amides is 7. The third kappa shape index (κ3) is 13.6. The Morgan fingerprint density at radius 3 is 1.92 bits per heavy atom. The molecule has 1 aliphatic rings. The summed E-state index contributed by atoms with van der Waals surface area (Å²) in [5.74, 6) is -6.45. The van der Waals surface area contributed by atoms with Crippen molar-refractivity contribution in [2.45, 2.75) is 75.9 Å². The van der Waals surface area contributed by atoms with Gasteiger partial charge in [0.15, 0.2) is 0 Å². The van der Waals surface area contributed by atoms with Crippen molar-refractivity contribution in [1.29, 1.82) is 0 Å². The molecule has 1 heterocycles. The van der Waals surface area contributed by atoms with Gasteiger partial charge in [-0.05, 0) is 33.6 Å². The first kappa shape index (κ1) is 42.7. The number of carbonyl (C=O) groups excluding carboxylic acids is 7. The van der Waals surface area contributed by atoms with E-state index in [1.165, 1.54) is 13.8 Å². The van der Waals surface area contributed by atoms with Gasteiger partial charge in [-0.1, -0.05) is 0 Å². The molecule has 274 valence electrons. The van der Waals surface area contributed by atoms with E-state index < -0.39 is 111 Å². The molecule has 7 atom stereocenters. The number of phosphoric acid groups is 1. The number of likely N-dealkylation sites (tertiary alicyclic amines) is 1. The van der Waals surface area contributed by atoms with Gasteiger partial charge in [-0.2, -0.15) is 12.6 Å². The molecule has 1 fully saturated rings. The molecular weight excluding hydrogens is 683 g/mol. The lowest BCUT2D eigenvalue weighted by atomic mass is 10.1. The Morgan fingerprint density at radius 2 is 1.40 bits per heavy atom. The van der Waals surface area contributed by atoms with Crippen molar-refractivity contribution in [3.63, 3.8) is 0 Å². The molecule has 0 aliphatic carbocycles. The number of aliphatic hydroxyl groups excluding tert-OH is 2. The highest BCUT2D eigenvalue weighted by molar-refractivity contribution is 7.80. The van der Waals surface area contributed by atoms with Crippen LogP contribution in [-0.2, 0) is 42.7 Å². The van der Waals surface area contributed by atoms with Gasteiger partial charge >= 0.3 is 7.82 Å². The quantitative estimate of drug-likeness (QED) is 0.0435. The summed E-state index contributed by atoms with van der Waals surface area (Å²) in [4.78, 5) is 108. The topological polar surface area (TPSA) is 328 Å². The minimum absolute atomic E-state index is 0.0835. The summed E-state index contributed by atoms with van der Waals surface area (Å²) >= 11 is 4.10. The Hall–Kier alpha value is -3.37. The number of nitrogens with zero attached hydrogens (tertiary/aromatic N) is 1. The van der Waals surface area contributed by atoms with Crippen LogP contribution in [0, 0.1) is 0 Å². The second-order valence-electron chi connectivity index (χ2n) is 10.7. The number of likely N-dealkylation sites (N-methyl/N-ethyl adjacent to an activating group) is 1. The third-order valence-corrected chi connectivity index (χ3v) is 7.68. The van der Waals surface area contributed by atoms with E-state index in [4.69, 9.17) is 15.5 Å². The van der Waals surface area contributed by atoms with Crippen molar-refractivity contribution >= 4 is 61.8 Å². The number of carbonyl (C=O) groups is 7. The van der Waals surface area contributed by atoms with Gasteiger partial charge in [-0.25, -0.2) is 4.57 Å². The molecule has 0 saturated carbocycles. The fourth-order valence-corrected chi connectivity index (χ4v) is 4.84. The predicted molar refractivity (Wildman–Crippen MR) is 168 cm³/mol. The lowest BCUT2D eigenvalue weighted by Crippen LogP contribution is -2.60. The van der Waals surface area contributed by atoms with E-state index in [2.05, 4.69) is 49.1 Å². The largest absolute Gasteiger partial charge is 0.469 e. The molecule has 0 unspecified atom stereocenters. The number of rotatable bonds is 19. The van der Waals surface area contributed by atoms with Crippen molar-refractivity contribution in [3.05, 3.63) is 0 Å². The van der Waals surface area contributed by atoms with Crippen molar-refractivity contribution in [3.8, 4) is 0 Å². The van der Waals surface area contributed by atoms with E-state index in [0.29, 0.717) is 6.42 Å².